The first-order chi connectivity index (χ1) is 5.46. The van der Waals surface area contributed by atoms with E-state index in [2.05, 4.69) is 5.10 Å². The van der Waals surface area contributed by atoms with Gasteiger partial charge in [0.05, 0.1) is 0 Å². The summed E-state index contributed by atoms with van der Waals surface area (Å²) in [6.45, 7) is 1.59. The first kappa shape index (κ1) is 8.89. The number of halogens is 3. The van der Waals surface area contributed by atoms with Crippen molar-refractivity contribution >= 4 is 5.82 Å². The lowest BCUT2D eigenvalue weighted by Crippen LogP contribution is -2.08. The van der Waals surface area contributed by atoms with Crippen LogP contribution in [-0.2, 0) is 12.6 Å². The number of rotatable bonds is 1. The standard InChI is InChI=1S/C6H8F3N3/c1-2-3-4(6(7,8)9)11-12-5(3)10/h2H2,1H3,(H3,10,11,12). The first-order valence-electron chi connectivity index (χ1n) is 3.36. The number of anilines is 1. The lowest BCUT2D eigenvalue weighted by molar-refractivity contribution is -0.141. The second-order valence-corrected chi connectivity index (χ2v) is 2.31. The fourth-order valence-corrected chi connectivity index (χ4v) is 0.972. The topological polar surface area (TPSA) is 54.7 Å². The SMILES string of the molecule is CCc1c(N)n[nH]c1C(F)(F)F. The van der Waals surface area contributed by atoms with E-state index < -0.39 is 11.9 Å². The van der Waals surface area contributed by atoms with Crippen molar-refractivity contribution in [2.75, 3.05) is 5.73 Å². The van der Waals surface area contributed by atoms with Crippen LogP contribution in [0.2, 0.25) is 0 Å². The summed E-state index contributed by atoms with van der Waals surface area (Å²) in [7, 11) is 0. The third-order valence-corrected chi connectivity index (χ3v) is 1.54. The number of alkyl halides is 3. The number of nitrogen functional groups attached to an aromatic ring is 1. The van der Waals surface area contributed by atoms with Crippen molar-refractivity contribution in [3.05, 3.63) is 11.3 Å². The predicted octanol–water partition coefficient (Wildman–Crippen LogP) is 1.57. The molecule has 0 aliphatic carbocycles. The van der Waals surface area contributed by atoms with Crippen LogP contribution in [0.5, 0.6) is 0 Å². The quantitative estimate of drug-likeness (QED) is 0.687. The smallest absolute Gasteiger partial charge is 0.382 e. The Balaban J connectivity index is 3.16. The molecule has 0 saturated heterocycles. The molecule has 0 spiro atoms. The maximum atomic E-state index is 12.1. The Labute approximate surface area is 66.8 Å². The van der Waals surface area contributed by atoms with E-state index in [0.717, 1.165) is 0 Å². The molecular weight excluding hydrogens is 171 g/mol. The second-order valence-electron chi connectivity index (χ2n) is 2.31. The van der Waals surface area contributed by atoms with Gasteiger partial charge in [0.1, 0.15) is 11.5 Å². The number of nitrogens with two attached hydrogens (primary N) is 1. The summed E-state index contributed by atoms with van der Waals surface area (Å²) in [6, 6.07) is 0. The normalized spacial score (nSPS) is 12.0. The van der Waals surface area contributed by atoms with Gasteiger partial charge in [0.25, 0.3) is 0 Å². The number of hydrogen-bond acceptors (Lipinski definition) is 2. The Morgan fingerprint density at radius 2 is 2.08 bits per heavy atom. The van der Waals surface area contributed by atoms with Crippen LogP contribution in [0.3, 0.4) is 0 Å². The van der Waals surface area contributed by atoms with Gasteiger partial charge in [-0.15, -0.1) is 0 Å². The van der Waals surface area contributed by atoms with Gasteiger partial charge in [-0.2, -0.15) is 18.3 Å². The van der Waals surface area contributed by atoms with Gasteiger partial charge in [-0.25, -0.2) is 0 Å². The highest BCUT2D eigenvalue weighted by atomic mass is 19.4. The molecular formula is C6H8F3N3. The molecule has 1 heterocycles. The average molecular weight is 179 g/mol. The van der Waals surface area contributed by atoms with Gasteiger partial charge in [0, 0.05) is 5.56 Å². The molecule has 1 rings (SSSR count). The van der Waals surface area contributed by atoms with Crippen LogP contribution < -0.4 is 5.73 Å². The number of aromatic nitrogens is 2. The van der Waals surface area contributed by atoms with Crippen molar-refractivity contribution < 1.29 is 13.2 Å². The molecule has 3 N–H and O–H groups in total. The minimum absolute atomic E-state index is 0.0301. The van der Waals surface area contributed by atoms with Crippen LogP contribution in [0.25, 0.3) is 0 Å². The maximum Gasteiger partial charge on any atom is 0.433 e. The molecule has 1 aromatic heterocycles. The Hall–Kier alpha value is -1.20. The fraction of sp³-hybridized carbons (Fsp3) is 0.500. The van der Waals surface area contributed by atoms with Crippen LogP contribution in [0.1, 0.15) is 18.2 Å². The monoisotopic (exact) mass is 179 g/mol. The Morgan fingerprint density at radius 3 is 2.42 bits per heavy atom. The summed E-state index contributed by atoms with van der Waals surface area (Å²) in [6.07, 6.45) is -4.17. The molecule has 12 heavy (non-hydrogen) atoms. The largest absolute Gasteiger partial charge is 0.433 e. The van der Waals surface area contributed by atoms with Crippen LogP contribution in [0, 0.1) is 0 Å². The zero-order valence-electron chi connectivity index (χ0n) is 6.37. The lowest BCUT2D eigenvalue weighted by Gasteiger charge is -2.04. The van der Waals surface area contributed by atoms with Crippen LogP contribution >= 0.6 is 0 Å². The molecule has 0 unspecified atom stereocenters. The highest BCUT2D eigenvalue weighted by molar-refractivity contribution is 5.42. The summed E-state index contributed by atoms with van der Waals surface area (Å²) >= 11 is 0. The van der Waals surface area contributed by atoms with Crippen molar-refractivity contribution in [2.24, 2.45) is 0 Å². The summed E-state index contributed by atoms with van der Waals surface area (Å²) in [5.41, 5.74) is 4.39. The van der Waals surface area contributed by atoms with E-state index >= 15 is 0 Å². The summed E-state index contributed by atoms with van der Waals surface area (Å²) in [4.78, 5) is 0. The number of nitrogens with zero attached hydrogens (tertiary/aromatic N) is 1. The molecule has 0 aromatic carbocycles. The van der Waals surface area contributed by atoms with E-state index in [-0.39, 0.29) is 17.8 Å². The van der Waals surface area contributed by atoms with Crippen LogP contribution in [0.4, 0.5) is 19.0 Å². The van der Waals surface area contributed by atoms with E-state index in [4.69, 9.17) is 5.73 Å². The van der Waals surface area contributed by atoms with Gasteiger partial charge >= 0.3 is 6.18 Å². The Morgan fingerprint density at radius 1 is 1.50 bits per heavy atom. The molecule has 68 valence electrons. The number of hydrogen-bond donors (Lipinski definition) is 2. The van der Waals surface area contributed by atoms with E-state index in [9.17, 15) is 13.2 Å². The van der Waals surface area contributed by atoms with Crippen molar-refractivity contribution in [3.8, 4) is 0 Å². The number of aromatic amines is 1. The molecule has 0 saturated carbocycles. The molecule has 0 aliphatic rings. The molecule has 1 aromatic rings. The van der Waals surface area contributed by atoms with Gasteiger partial charge in [-0.3, -0.25) is 5.10 Å². The minimum Gasteiger partial charge on any atom is -0.382 e. The summed E-state index contributed by atoms with van der Waals surface area (Å²) in [5.74, 6) is -0.0789. The van der Waals surface area contributed by atoms with Crippen molar-refractivity contribution in [1.82, 2.24) is 10.2 Å². The predicted molar refractivity (Wildman–Crippen MR) is 37.4 cm³/mol. The van der Waals surface area contributed by atoms with Crippen molar-refractivity contribution in [2.45, 2.75) is 19.5 Å². The Kier molecular flexibility index (Phi) is 1.99. The van der Waals surface area contributed by atoms with Gasteiger partial charge in [-0.1, -0.05) is 6.92 Å². The molecule has 0 bridgehead atoms. The average Bonchev–Trinajstić information content (AvgIpc) is 2.29. The zero-order chi connectivity index (χ0) is 9.35. The minimum atomic E-state index is -4.39. The molecule has 0 amide bonds. The molecule has 0 fully saturated rings. The summed E-state index contributed by atoms with van der Waals surface area (Å²) < 4.78 is 36.4. The number of H-pyrrole nitrogens is 1. The molecule has 6 heteroatoms. The molecule has 0 radical (unpaired) electrons. The van der Waals surface area contributed by atoms with Crippen molar-refractivity contribution in [1.29, 1.82) is 0 Å². The van der Waals surface area contributed by atoms with Gasteiger partial charge in [-0.05, 0) is 6.42 Å². The van der Waals surface area contributed by atoms with E-state index in [0.29, 0.717) is 0 Å². The van der Waals surface area contributed by atoms with E-state index in [1.54, 1.807) is 6.92 Å². The molecule has 3 nitrogen and oxygen atoms in total. The Bertz CT molecular complexity index is 276. The van der Waals surface area contributed by atoms with Crippen molar-refractivity contribution in [3.63, 3.8) is 0 Å². The third kappa shape index (κ3) is 1.37. The van der Waals surface area contributed by atoms with E-state index in [1.165, 1.54) is 0 Å². The van der Waals surface area contributed by atoms with E-state index in [1.807, 2.05) is 5.10 Å². The third-order valence-electron chi connectivity index (χ3n) is 1.54. The highest BCUT2D eigenvalue weighted by Crippen LogP contribution is 2.32. The summed E-state index contributed by atoms with van der Waals surface area (Å²) in [5, 5.41) is 5.15. The van der Waals surface area contributed by atoms with Gasteiger partial charge in [0.2, 0.25) is 0 Å². The molecule has 0 atom stereocenters. The maximum absolute atomic E-state index is 12.1. The van der Waals surface area contributed by atoms with Gasteiger partial charge < -0.3 is 5.73 Å². The second kappa shape index (κ2) is 2.69. The number of nitrogens with one attached hydrogen (secondary N) is 1. The fourth-order valence-electron chi connectivity index (χ4n) is 0.972. The van der Waals surface area contributed by atoms with Gasteiger partial charge in [0.15, 0.2) is 0 Å². The lowest BCUT2D eigenvalue weighted by atomic mass is 10.2. The highest BCUT2D eigenvalue weighted by Gasteiger charge is 2.36. The molecule has 0 aliphatic heterocycles. The first-order valence-corrected chi connectivity index (χ1v) is 3.36. The van der Waals surface area contributed by atoms with Crippen LogP contribution in [0.15, 0.2) is 0 Å². The zero-order valence-corrected chi connectivity index (χ0v) is 6.37. The van der Waals surface area contributed by atoms with Crippen LogP contribution in [-0.4, -0.2) is 10.2 Å².